The van der Waals surface area contributed by atoms with Crippen LogP contribution >= 0.6 is 15.9 Å². The summed E-state index contributed by atoms with van der Waals surface area (Å²) in [5, 5.41) is 3.47. The number of anilines is 1. The lowest BCUT2D eigenvalue weighted by molar-refractivity contribution is 0.449. The first-order valence-electron chi connectivity index (χ1n) is 7.90. The lowest BCUT2D eigenvalue weighted by Gasteiger charge is -2.37. The van der Waals surface area contributed by atoms with Gasteiger partial charge in [-0.15, -0.1) is 0 Å². The molecule has 0 amide bonds. The summed E-state index contributed by atoms with van der Waals surface area (Å²) in [4.78, 5) is 2.59. The Kier molecular flexibility index (Phi) is 5.91. The van der Waals surface area contributed by atoms with E-state index in [1.54, 1.807) is 0 Å². The minimum absolute atomic E-state index is 0.528. The van der Waals surface area contributed by atoms with Gasteiger partial charge in [0.2, 0.25) is 0 Å². The number of nitrogens with one attached hydrogen (secondary N) is 1. The molecule has 0 saturated carbocycles. The van der Waals surface area contributed by atoms with Crippen molar-refractivity contribution in [3.63, 3.8) is 0 Å². The summed E-state index contributed by atoms with van der Waals surface area (Å²) in [5.74, 6) is 0. The van der Waals surface area contributed by atoms with Crippen LogP contribution in [0.1, 0.15) is 52.0 Å². The molecule has 1 fully saturated rings. The van der Waals surface area contributed by atoms with Crippen molar-refractivity contribution in [1.29, 1.82) is 0 Å². The predicted molar refractivity (Wildman–Crippen MR) is 91.4 cm³/mol. The van der Waals surface area contributed by atoms with Gasteiger partial charge in [0.25, 0.3) is 0 Å². The third kappa shape index (κ3) is 3.98. The molecule has 1 aliphatic rings. The Morgan fingerprint density at radius 1 is 1.35 bits per heavy atom. The normalized spacial score (nSPS) is 19.6. The molecule has 1 N–H and O–H groups in total. The van der Waals surface area contributed by atoms with E-state index in [4.69, 9.17) is 0 Å². The molecule has 1 aliphatic heterocycles. The standard InChI is InChI=1S/C17H27BrN2/c1-4-15-7-5-6-10-20(15)17-9-8-14(11-16(17)18)12-19-13(2)3/h8-9,11,13,15,19H,4-7,10,12H2,1-3H3. The lowest BCUT2D eigenvalue weighted by atomic mass is 9.99. The Balaban J connectivity index is 2.12. The van der Waals surface area contributed by atoms with Gasteiger partial charge >= 0.3 is 0 Å². The monoisotopic (exact) mass is 338 g/mol. The van der Waals surface area contributed by atoms with Gasteiger partial charge in [0.15, 0.2) is 0 Å². The second kappa shape index (κ2) is 7.46. The fourth-order valence-electron chi connectivity index (χ4n) is 2.96. The fraction of sp³-hybridized carbons (Fsp3) is 0.647. The Hall–Kier alpha value is -0.540. The minimum atomic E-state index is 0.528. The minimum Gasteiger partial charge on any atom is -0.368 e. The number of rotatable bonds is 5. The molecule has 0 radical (unpaired) electrons. The van der Waals surface area contributed by atoms with Gasteiger partial charge in [-0.2, -0.15) is 0 Å². The Morgan fingerprint density at radius 2 is 2.15 bits per heavy atom. The molecule has 0 bridgehead atoms. The molecule has 1 unspecified atom stereocenters. The highest BCUT2D eigenvalue weighted by Crippen LogP contribution is 2.33. The van der Waals surface area contributed by atoms with E-state index in [9.17, 15) is 0 Å². The molecule has 1 aromatic rings. The van der Waals surface area contributed by atoms with Crippen LogP contribution in [0.5, 0.6) is 0 Å². The molecule has 0 spiro atoms. The molecule has 20 heavy (non-hydrogen) atoms. The summed E-state index contributed by atoms with van der Waals surface area (Å²) in [5.41, 5.74) is 2.71. The first kappa shape index (κ1) is 15.8. The molecule has 112 valence electrons. The Morgan fingerprint density at radius 3 is 2.80 bits per heavy atom. The van der Waals surface area contributed by atoms with E-state index in [2.05, 4.69) is 65.1 Å². The van der Waals surface area contributed by atoms with E-state index in [1.165, 1.54) is 48.0 Å². The van der Waals surface area contributed by atoms with Crippen LogP contribution < -0.4 is 10.2 Å². The van der Waals surface area contributed by atoms with Crippen molar-refractivity contribution in [2.45, 2.75) is 65.1 Å². The van der Waals surface area contributed by atoms with Gasteiger partial charge in [0.05, 0.1) is 5.69 Å². The van der Waals surface area contributed by atoms with Crippen LogP contribution in [-0.2, 0) is 6.54 Å². The van der Waals surface area contributed by atoms with Crippen molar-refractivity contribution in [1.82, 2.24) is 5.32 Å². The van der Waals surface area contributed by atoms with E-state index >= 15 is 0 Å². The van der Waals surface area contributed by atoms with Crippen LogP contribution in [0.15, 0.2) is 22.7 Å². The van der Waals surface area contributed by atoms with Crippen molar-refractivity contribution in [2.75, 3.05) is 11.4 Å². The third-order valence-electron chi connectivity index (χ3n) is 4.13. The van der Waals surface area contributed by atoms with Gasteiger partial charge in [-0.25, -0.2) is 0 Å². The number of nitrogens with zero attached hydrogens (tertiary/aromatic N) is 1. The summed E-state index contributed by atoms with van der Waals surface area (Å²) in [7, 11) is 0. The largest absolute Gasteiger partial charge is 0.368 e. The maximum Gasteiger partial charge on any atom is 0.0513 e. The fourth-order valence-corrected chi connectivity index (χ4v) is 3.61. The molecule has 3 heteroatoms. The summed E-state index contributed by atoms with van der Waals surface area (Å²) in [6, 6.07) is 8.05. The number of benzene rings is 1. The number of piperidine rings is 1. The van der Waals surface area contributed by atoms with Crippen LogP contribution in [0.3, 0.4) is 0 Å². The quantitative estimate of drug-likeness (QED) is 0.835. The Labute approximate surface area is 132 Å². The van der Waals surface area contributed by atoms with Gasteiger partial charge in [-0.3, -0.25) is 0 Å². The van der Waals surface area contributed by atoms with E-state index < -0.39 is 0 Å². The third-order valence-corrected chi connectivity index (χ3v) is 4.77. The summed E-state index contributed by atoms with van der Waals surface area (Å²) < 4.78 is 1.24. The van der Waals surface area contributed by atoms with Crippen LogP contribution in [0.2, 0.25) is 0 Å². The summed E-state index contributed by atoms with van der Waals surface area (Å²) in [6.45, 7) is 8.80. The molecular weight excluding hydrogens is 312 g/mol. The highest BCUT2D eigenvalue weighted by molar-refractivity contribution is 9.10. The molecule has 0 aliphatic carbocycles. The van der Waals surface area contributed by atoms with Gasteiger partial charge in [0, 0.05) is 29.6 Å². The molecule has 1 atom stereocenters. The maximum absolute atomic E-state index is 3.78. The van der Waals surface area contributed by atoms with E-state index in [-0.39, 0.29) is 0 Å². The smallest absolute Gasteiger partial charge is 0.0513 e. The molecule has 2 nitrogen and oxygen atoms in total. The maximum atomic E-state index is 3.78. The van der Waals surface area contributed by atoms with Gasteiger partial charge in [-0.1, -0.05) is 26.8 Å². The molecule has 0 aromatic heterocycles. The van der Waals surface area contributed by atoms with Crippen molar-refractivity contribution in [3.05, 3.63) is 28.2 Å². The van der Waals surface area contributed by atoms with Gasteiger partial charge in [0.1, 0.15) is 0 Å². The van der Waals surface area contributed by atoms with E-state index in [1.807, 2.05) is 0 Å². The van der Waals surface area contributed by atoms with Crippen LogP contribution in [0, 0.1) is 0 Å². The van der Waals surface area contributed by atoms with Gasteiger partial charge < -0.3 is 10.2 Å². The summed E-state index contributed by atoms with van der Waals surface area (Å²) in [6.07, 6.45) is 5.27. The highest BCUT2D eigenvalue weighted by Gasteiger charge is 2.22. The topological polar surface area (TPSA) is 15.3 Å². The second-order valence-electron chi connectivity index (χ2n) is 6.07. The number of hydrogen-bond acceptors (Lipinski definition) is 2. The zero-order valence-corrected chi connectivity index (χ0v) is 14.5. The predicted octanol–water partition coefficient (Wildman–Crippen LogP) is 4.72. The first-order valence-corrected chi connectivity index (χ1v) is 8.69. The van der Waals surface area contributed by atoms with E-state index in [0.29, 0.717) is 12.1 Å². The molecule has 1 saturated heterocycles. The highest BCUT2D eigenvalue weighted by atomic mass is 79.9. The van der Waals surface area contributed by atoms with E-state index in [0.717, 1.165) is 6.54 Å². The van der Waals surface area contributed by atoms with Crippen molar-refractivity contribution >= 4 is 21.6 Å². The SMILES string of the molecule is CCC1CCCCN1c1ccc(CNC(C)C)cc1Br. The Bertz CT molecular complexity index is 431. The molecule has 1 aromatic carbocycles. The lowest BCUT2D eigenvalue weighted by Crippen LogP contribution is -2.39. The first-order chi connectivity index (χ1) is 9.61. The molecule has 1 heterocycles. The van der Waals surface area contributed by atoms with Crippen molar-refractivity contribution < 1.29 is 0 Å². The number of hydrogen-bond donors (Lipinski definition) is 1. The molecule has 2 rings (SSSR count). The van der Waals surface area contributed by atoms with Crippen molar-refractivity contribution in [2.24, 2.45) is 0 Å². The molecular formula is C17H27BrN2. The van der Waals surface area contributed by atoms with Crippen LogP contribution in [0.25, 0.3) is 0 Å². The number of halogens is 1. The van der Waals surface area contributed by atoms with Crippen LogP contribution in [0.4, 0.5) is 5.69 Å². The van der Waals surface area contributed by atoms with Crippen LogP contribution in [-0.4, -0.2) is 18.6 Å². The van der Waals surface area contributed by atoms with Crippen molar-refractivity contribution in [3.8, 4) is 0 Å². The van der Waals surface area contributed by atoms with Gasteiger partial charge in [-0.05, 0) is 59.3 Å². The zero-order valence-electron chi connectivity index (χ0n) is 13.0. The average molecular weight is 339 g/mol. The average Bonchev–Trinajstić information content (AvgIpc) is 2.45. The summed E-state index contributed by atoms with van der Waals surface area (Å²) >= 11 is 3.78. The second-order valence-corrected chi connectivity index (χ2v) is 6.93. The zero-order chi connectivity index (χ0) is 14.5.